The molecule has 0 aliphatic heterocycles. The molecule has 0 saturated carbocycles. The number of benzene rings is 1. The van der Waals surface area contributed by atoms with E-state index in [-0.39, 0.29) is 18.0 Å². The summed E-state index contributed by atoms with van der Waals surface area (Å²) >= 11 is -5.15. The molecule has 0 aromatic heterocycles. The van der Waals surface area contributed by atoms with E-state index in [1.54, 1.807) is 0 Å². The summed E-state index contributed by atoms with van der Waals surface area (Å²) in [5.41, 5.74) is -0.00951. The summed E-state index contributed by atoms with van der Waals surface area (Å²) < 4.78 is 28.4. The van der Waals surface area contributed by atoms with Crippen molar-refractivity contribution in [2.24, 2.45) is 5.92 Å². The van der Waals surface area contributed by atoms with E-state index >= 15 is 0 Å². The minimum absolute atomic E-state index is 0.00951. The second-order valence-electron chi connectivity index (χ2n) is 4.89. The maximum atomic E-state index is 11.0. The van der Waals surface area contributed by atoms with Crippen molar-refractivity contribution in [1.29, 1.82) is 0 Å². The van der Waals surface area contributed by atoms with Crippen LogP contribution in [-0.4, -0.2) is 44.5 Å². The van der Waals surface area contributed by atoms with Gasteiger partial charge >= 0.3 is 94.1 Å². The van der Waals surface area contributed by atoms with Gasteiger partial charge in [-0.3, -0.25) is 4.79 Å². The molecule has 124 valence electrons. The van der Waals surface area contributed by atoms with Gasteiger partial charge in [-0.1, -0.05) is 13.8 Å². The summed E-state index contributed by atoms with van der Waals surface area (Å²) in [4.78, 5) is 20.5. The van der Waals surface area contributed by atoms with Crippen LogP contribution in [0.1, 0.15) is 27.2 Å². The molecule has 0 saturated heterocycles. The van der Waals surface area contributed by atoms with Crippen LogP contribution >= 0.6 is 0 Å². The van der Waals surface area contributed by atoms with Crippen LogP contribution in [0.2, 0.25) is 0 Å². The van der Waals surface area contributed by atoms with E-state index < -0.39 is 36.1 Å². The quantitative estimate of drug-likeness (QED) is 0.368. The third-order valence-corrected chi connectivity index (χ3v) is 4.30. The largest absolute Gasteiger partial charge is 0.481 e. The van der Waals surface area contributed by atoms with Crippen LogP contribution in [0, 0.1) is 5.92 Å². The summed E-state index contributed by atoms with van der Waals surface area (Å²) in [6.45, 7) is 5.00. The van der Waals surface area contributed by atoms with Crippen LogP contribution in [0.4, 0.5) is 5.69 Å². The predicted molar refractivity (Wildman–Crippen MR) is 80.0 cm³/mol. The summed E-state index contributed by atoms with van der Waals surface area (Å²) in [5, 5.41) is 19.8. The fourth-order valence-corrected chi connectivity index (χ4v) is 2.83. The number of hydrogen-bond donors (Lipinski definition) is 5. The van der Waals surface area contributed by atoms with E-state index in [9.17, 15) is 18.4 Å². The SMILES string of the molecule is CC(=O)Nc1cccc([As](=O)(O)O)c1O.CC(C)CC(=O)O. The molecule has 8 nitrogen and oxygen atoms in total. The standard InChI is InChI=1S/C8H10AsNO5.C5H10O2/c1-5(11)10-7-4-2-3-6(8(7)12)9(13,14)15;1-4(2)3-5(6)7/h2-4,12H,1H3,(H,10,11)(H2,13,14,15);4H,3H2,1-2H3,(H,6,7). The maximum Gasteiger partial charge on any atom is 0.303 e. The molecule has 0 heterocycles. The minimum Gasteiger partial charge on any atom is -0.481 e. The maximum absolute atomic E-state index is 11.0. The molecule has 5 N–H and O–H groups in total. The first kappa shape index (κ1) is 20.2. The van der Waals surface area contributed by atoms with Crippen LogP contribution in [0.15, 0.2) is 18.2 Å². The van der Waals surface area contributed by atoms with Crippen molar-refractivity contribution in [2.45, 2.75) is 27.2 Å². The van der Waals surface area contributed by atoms with E-state index in [0.717, 1.165) is 6.07 Å². The first-order valence-electron chi connectivity index (χ1n) is 6.32. The number of amides is 1. The summed E-state index contributed by atoms with van der Waals surface area (Å²) in [7, 11) is 0. The van der Waals surface area contributed by atoms with Gasteiger partial charge in [0.2, 0.25) is 0 Å². The van der Waals surface area contributed by atoms with Gasteiger partial charge in [0.15, 0.2) is 0 Å². The zero-order chi connectivity index (χ0) is 17.5. The van der Waals surface area contributed by atoms with Gasteiger partial charge in [0.25, 0.3) is 0 Å². The Morgan fingerprint density at radius 1 is 1.27 bits per heavy atom. The van der Waals surface area contributed by atoms with Crippen molar-refractivity contribution >= 4 is 36.1 Å². The molecule has 0 aliphatic carbocycles. The van der Waals surface area contributed by atoms with Gasteiger partial charge in [-0.2, -0.15) is 0 Å². The van der Waals surface area contributed by atoms with Crippen molar-refractivity contribution < 1.29 is 31.7 Å². The molecule has 1 rings (SSSR count). The monoisotopic (exact) mass is 377 g/mol. The van der Waals surface area contributed by atoms with E-state index in [1.165, 1.54) is 19.1 Å². The van der Waals surface area contributed by atoms with Gasteiger partial charge < -0.3 is 5.11 Å². The molecular weight excluding hydrogens is 357 g/mol. The second kappa shape index (κ2) is 8.63. The van der Waals surface area contributed by atoms with E-state index in [0.29, 0.717) is 0 Å². The first-order chi connectivity index (χ1) is 9.95. The molecule has 0 aliphatic rings. The number of carboxylic acid groups (broad SMARTS) is 1. The Bertz CT molecular complexity index is 580. The Morgan fingerprint density at radius 3 is 2.14 bits per heavy atom. The molecule has 0 atom stereocenters. The molecule has 1 aromatic carbocycles. The summed E-state index contributed by atoms with van der Waals surface area (Å²) in [6.07, 6.45) is 0.278. The van der Waals surface area contributed by atoms with E-state index in [1.807, 2.05) is 13.8 Å². The van der Waals surface area contributed by atoms with Crippen LogP contribution < -0.4 is 9.67 Å². The smallest absolute Gasteiger partial charge is 0.303 e. The van der Waals surface area contributed by atoms with Gasteiger partial charge in [0.1, 0.15) is 0 Å². The van der Waals surface area contributed by atoms with Crippen molar-refractivity contribution in [3.05, 3.63) is 18.2 Å². The zero-order valence-electron chi connectivity index (χ0n) is 12.5. The predicted octanol–water partition coefficient (Wildman–Crippen LogP) is 0.0287. The molecule has 0 unspecified atom stereocenters. The van der Waals surface area contributed by atoms with Gasteiger partial charge in [-0.15, -0.1) is 0 Å². The number of carboxylic acids is 1. The molecular formula is C13H20AsNO7. The fraction of sp³-hybridized carbons (Fsp3) is 0.385. The van der Waals surface area contributed by atoms with Crippen LogP contribution in [0.25, 0.3) is 0 Å². The average Bonchev–Trinajstić information content (AvgIpc) is 2.28. The normalized spacial score (nSPS) is 10.6. The van der Waals surface area contributed by atoms with Crippen molar-refractivity contribution in [2.75, 3.05) is 5.32 Å². The van der Waals surface area contributed by atoms with Crippen LogP contribution in [0.5, 0.6) is 5.75 Å². The molecule has 1 aromatic rings. The average molecular weight is 377 g/mol. The van der Waals surface area contributed by atoms with E-state index in [2.05, 4.69) is 5.32 Å². The number of nitrogens with one attached hydrogen (secondary N) is 1. The first-order valence-corrected chi connectivity index (χ1v) is 9.71. The Labute approximate surface area is 130 Å². The van der Waals surface area contributed by atoms with Crippen LogP contribution in [0.3, 0.4) is 0 Å². The minimum atomic E-state index is -5.15. The Kier molecular flexibility index (Phi) is 7.93. The molecule has 1 amide bonds. The number of aliphatic carboxylic acids is 1. The number of rotatable bonds is 4. The molecule has 22 heavy (non-hydrogen) atoms. The Morgan fingerprint density at radius 2 is 1.82 bits per heavy atom. The molecule has 0 bridgehead atoms. The van der Waals surface area contributed by atoms with Gasteiger partial charge in [0, 0.05) is 6.42 Å². The second-order valence-corrected chi connectivity index (χ2v) is 8.18. The van der Waals surface area contributed by atoms with E-state index in [4.69, 9.17) is 13.3 Å². The fourth-order valence-electron chi connectivity index (χ4n) is 1.41. The number of hydrogen-bond acceptors (Lipinski definition) is 4. The van der Waals surface area contributed by atoms with Gasteiger partial charge in [-0.05, 0) is 5.92 Å². The molecule has 0 radical (unpaired) electrons. The number of anilines is 1. The third kappa shape index (κ3) is 7.87. The molecule has 0 fully saturated rings. The van der Waals surface area contributed by atoms with Crippen molar-refractivity contribution in [1.82, 2.24) is 0 Å². The number of carbonyl (C=O) groups is 2. The number of phenolic OH excluding ortho intramolecular Hbond substituents is 1. The number of phenols is 1. The zero-order valence-corrected chi connectivity index (χ0v) is 14.4. The third-order valence-electron chi connectivity index (χ3n) is 2.22. The molecule has 0 spiro atoms. The number of para-hydroxylation sites is 1. The number of carbonyl (C=O) groups excluding carboxylic acids is 1. The van der Waals surface area contributed by atoms with Crippen molar-refractivity contribution in [3.8, 4) is 5.75 Å². The summed E-state index contributed by atoms with van der Waals surface area (Å²) in [6, 6.07) is 3.83. The van der Waals surface area contributed by atoms with Gasteiger partial charge in [0.05, 0.1) is 0 Å². The topological polar surface area (TPSA) is 144 Å². The van der Waals surface area contributed by atoms with Crippen LogP contribution in [-0.2, 0) is 13.3 Å². The van der Waals surface area contributed by atoms with Gasteiger partial charge in [-0.25, -0.2) is 0 Å². The Balaban J connectivity index is 0.000000534. The number of aromatic hydroxyl groups is 1. The van der Waals surface area contributed by atoms with Crippen molar-refractivity contribution in [3.63, 3.8) is 0 Å². The summed E-state index contributed by atoms with van der Waals surface area (Å²) in [5.74, 6) is -1.45. The molecule has 9 heteroatoms. The Hall–Kier alpha value is -1.76.